The van der Waals surface area contributed by atoms with Crippen LogP contribution in [0.3, 0.4) is 0 Å². The molecule has 4 heteroatoms. The van der Waals surface area contributed by atoms with Gasteiger partial charge in [0.15, 0.2) is 0 Å². The molecule has 2 heterocycles. The summed E-state index contributed by atoms with van der Waals surface area (Å²) < 4.78 is 3.03. The highest BCUT2D eigenvalue weighted by atomic mass is 32.1. The quantitative estimate of drug-likeness (QED) is 0.752. The van der Waals surface area contributed by atoms with Crippen LogP contribution in [0.25, 0.3) is 10.1 Å². The largest absolute Gasteiger partial charge is 0.380 e. The van der Waals surface area contributed by atoms with Crippen molar-refractivity contribution in [1.29, 1.82) is 0 Å². The van der Waals surface area contributed by atoms with Crippen molar-refractivity contribution in [3.8, 4) is 0 Å². The fraction of sp³-hybridized carbons (Fsp3) is 0.154. The number of rotatable bonds is 2. The average Bonchev–Trinajstić information content (AvgIpc) is 2.93. The van der Waals surface area contributed by atoms with E-state index in [9.17, 15) is 5.11 Å². The lowest BCUT2D eigenvalue weighted by molar-refractivity contribution is 0.210. The van der Waals surface area contributed by atoms with Crippen molar-refractivity contribution in [2.24, 2.45) is 7.05 Å². The third-order valence-corrected chi connectivity index (χ3v) is 3.99. The number of hydrogen-bond acceptors (Lipinski definition) is 3. The van der Waals surface area contributed by atoms with Crippen molar-refractivity contribution < 1.29 is 5.11 Å². The minimum Gasteiger partial charge on any atom is -0.380 e. The molecule has 1 unspecified atom stereocenters. The van der Waals surface area contributed by atoms with Gasteiger partial charge in [0.05, 0.1) is 0 Å². The molecule has 86 valence electrons. The van der Waals surface area contributed by atoms with Gasteiger partial charge in [-0.3, -0.25) is 0 Å². The molecule has 3 rings (SSSR count). The Kier molecular flexibility index (Phi) is 2.46. The molecule has 17 heavy (non-hydrogen) atoms. The van der Waals surface area contributed by atoms with E-state index in [2.05, 4.69) is 17.1 Å². The molecule has 0 aliphatic carbocycles. The monoisotopic (exact) mass is 244 g/mol. The van der Waals surface area contributed by atoms with Crippen molar-refractivity contribution in [3.63, 3.8) is 0 Å². The van der Waals surface area contributed by atoms with Crippen molar-refractivity contribution in [2.45, 2.75) is 6.10 Å². The molecule has 0 radical (unpaired) electrons. The van der Waals surface area contributed by atoms with Gasteiger partial charge in [0.1, 0.15) is 11.9 Å². The van der Waals surface area contributed by atoms with Crippen molar-refractivity contribution in [3.05, 3.63) is 53.4 Å². The van der Waals surface area contributed by atoms with Crippen LogP contribution in [-0.4, -0.2) is 14.7 Å². The summed E-state index contributed by atoms with van der Waals surface area (Å²) in [4.78, 5) is 5.11. The van der Waals surface area contributed by atoms with Crippen LogP contribution in [0.5, 0.6) is 0 Å². The molecule has 2 aromatic heterocycles. The Morgan fingerprint density at radius 2 is 2.18 bits per heavy atom. The molecule has 1 N–H and O–H groups in total. The standard InChI is InChI=1S/C13H12N2OS/c1-15-7-6-14-13(15)12(16)11-8-9-4-2-3-5-10(9)17-11/h2-8,12,16H,1H3. The van der Waals surface area contributed by atoms with Gasteiger partial charge in [0.2, 0.25) is 0 Å². The van der Waals surface area contributed by atoms with Gasteiger partial charge in [0.25, 0.3) is 0 Å². The summed E-state index contributed by atoms with van der Waals surface area (Å²) >= 11 is 1.61. The second-order valence-corrected chi connectivity index (χ2v) is 5.10. The first-order valence-corrected chi connectivity index (χ1v) is 6.21. The summed E-state index contributed by atoms with van der Waals surface area (Å²) in [5, 5.41) is 11.5. The SMILES string of the molecule is Cn1ccnc1C(O)c1cc2ccccc2s1. The van der Waals surface area contributed by atoms with Crippen LogP contribution < -0.4 is 0 Å². The number of aliphatic hydroxyl groups excluding tert-OH is 1. The van der Waals surface area contributed by atoms with Crippen LogP contribution in [0, 0.1) is 0 Å². The van der Waals surface area contributed by atoms with Crippen LogP contribution >= 0.6 is 11.3 Å². The number of aryl methyl sites for hydroxylation is 1. The van der Waals surface area contributed by atoms with Crippen LogP contribution in [0.15, 0.2) is 42.7 Å². The fourth-order valence-corrected chi connectivity index (χ4v) is 2.95. The third kappa shape index (κ3) is 1.75. The minimum absolute atomic E-state index is 0.646. The highest BCUT2D eigenvalue weighted by molar-refractivity contribution is 7.19. The Bertz CT molecular complexity index is 623. The van der Waals surface area contributed by atoms with E-state index in [1.165, 1.54) is 10.1 Å². The summed E-state index contributed by atoms with van der Waals surface area (Å²) in [5.74, 6) is 0.677. The molecule has 3 aromatic rings. The van der Waals surface area contributed by atoms with E-state index in [0.29, 0.717) is 5.82 Å². The molecule has 0 aliphatic heterocycles. The maximum absolute atomic E-state index is 10.3. The van der Waals surface area contributed by atoms with E-state index in [1.54, 1.807) is 17.5 Å². The Hall–Kier alpha value is -1.65. The van der Waals surface area contributed by atoms with Gasteiger partial charge in [-0.05, 0) is 17.5 Å². The van der Waals surface area contributed by atoms with Crippen LogP contribution in [0.4, 0.5) is 0 Å². The first-order valence-electron chi connectivity index (χ1n) is 5.39. The lowest BCUT2D eigenvalue weighted by Gasteiger charge is -2.07. The normalized spacial score (nSPS) is 13.1. The van der Waals surface area contributed by atoms with Crippen LogP contribution in [0.2, 0.25) is 0 Å². The maximum atomic E-state index is 10.3. The first kappa shape index (κ1) is 10.5. The molecule has 0 fully saturated rings. The van der Waals surface area contributed by atoms with Crippen LogP contribution in [-0.2, 0) is 7.05 Å². The maximum Gasteiger partial charge on any atom is 0.146 e. The predicted molar refractivity (Wildman–Crippen MR) is 69.1 cm³/mol. The van der Waals surface area contributed by atoms with E-state index in [1.807, 2.05) is 36.0 Å². The number of benzene rings is 1. The Labute approximate surface area is 103 Å². The van der Waals surface area contributed by atoms with Crippen molar-refractivity contribution >= 4 is 21.4 Å². The lowest BCUT2D eigenvalue weighted by Crippen LogP contribution is -2.05. The average molecular weight is 244 g/mol. The number of aromatic nitrogens is 2. The van der Waals surface area contributed by atoms with Gasteiger partial charge in [-0.25, -0.2) is 4.98 Å². The van der Waals surface area contributed by atoms with Gasteiger partial charge in [-0.1, -0.05) is 18.2 Å². The molecule has 0 saturated heterocycles. The van der Waals surface area contributed by atoms with Gasteiger partial charge >= 0.3 is 0 Å². The number of nitrogens with zero attached hydrogens (tertiary/aromatic N) is 2. The molecular weight excluding hydrogens is 232 g/mol. The smallest absolute Gasteiger partial charge is 0.146 e. The Morgan fingerprint density at radius 3 is 2.88 bits per heavy atom. The molecule has 1 atom stereocenters. The molecule has 0 bridgehead atoms. The molecule has 3 nitrogen and oxygen atoms in total. The first-order chi connectivity index (χ1) is 8.25. The zero-order valence-electron chi connectivity index (χ0n) is 9.37. The van der Waals surface area contributed by atoms with Crippen molar-refractivity contribution in [2.75, 3.05) is 0 Å². The van der Waals surface area contributed by atoms with Crippen LogP contribution in [0.1, 0.15) is 16.8 Å². The highest BCUT2D eigenvalue weighted by Gasteiger charge is 2.17. The zero-order chi connectivity index (χ0) is 11.8. The summed E-state index contributed by atoms with van der Waals surface area (Å²) in [6.07, 6.45) is 2.89. The zero-order valence-corrected chi connectivity index (χ0v) is 10.2. The second-order valence-electron chi connectivity index (χ2n) is 3.99. The molecule has 0 spiro atoms. The highest BCUT2D eigenvalue weighted by Crippen LogP contribution is 2.32. The summed E-state index contributed by atoms with van der Waals surface area (Å²) in [7, 11) is 1.89. The minimum atomic E-state index is -0.646. The molecule has 0 saturated carbocycles. The number of hydrogen-bond donors (Lipinski definition) is 1. The van der Waals surface area contributed by atoms with E-state index in [-0.39, 0.29) is 0 Å². The third-order valence-electron chi connectivity index (χ3n) is 2.82. The molecule has 1 aromatic carbocycles. The predicted octanol–water partition coefficient (Wildman–Crippen LogP) is 2.72. The number of aliphatic hydroxyl groups is 1. The number of fused-ring (bicyclic) bond motifs is 1. The van der Waals surface area contributed by atoms with Gasteiger partial charge in [-0.15, -0.1) is 11.3 Å². The van der Waals surface area contributed by atoms with E-state index in [0.717, 1.165) is 4.88 Å². The van der Waals surface area contributed by atoms with Gasteiger partial charge < -0.3 is 9.67 Å². The summed E-state index contributed by atoms with van der Waals surface area (Å²) in [6, 6.07) is 10.2. The summed E-state index contributed by atoms with van der Waals surface area (Å²) in [5.41, 5.74) is 0. The summed E-state index contributed by atoms with van der Waals surface area (Å²) in [6.45, 7) is 0. The fourth-order valence-electron chi connectivity index (χ4n) is 1.91. The van der Waals surface area contributed by atoms with E-state index in [4.69, 9.17) is 0 Å². The lowest BCUT2D eigenvalue weighted by atomic mass is 10.2. The topological polar surface area (TPSA) is 38.0 Å². The van der Waals surface area contributed by atoms with E-state index < -0.39 is 6.10 Å². The molecular formula is C13H12N2OS. The molecule has 0 amide bonds. The molecule has 0 aliphatic rings. The Morgan fingerprint density at radius 1 is 1.35 bits per heavy atom. The number of imidazole rings is 1. The second kappa shape index (κ2) is 3.98. The van der Waals surface area contributed by atoms with Crippen molar-refractivity contribution in [1.82, 2.24) is 9.55 Å². The van der Waals surface area contributed by atoms with Gasteiger partial charge in [0, 0.05) is 29.0 Å². The van der Waals surface area contributed by atoms with Gasteiger partial charge in [-0.2, -0.15) is 0 Å². The van der Waals surface area contributed by atoms with E-state index >= 15 is 0 Å². The Balaban J connectivity index is 2.07. The number of thiophene rings is 1.